The number of nitrogens with zero attached hydrogens (tertiary/aromatic N) is 1. The number of anilines is 1. The molecule has 8 heteroatoms. The molecule has 1 unspecified atom stereocenters. The van der Waals surface area contributed by atoms with Crippen LogP contribution in [0.4, 0.5) is 5.69 Å². The van der Waals surface area contributed by atoms with Gasteiger partial charge < -0.3 is 10.0 Å². The molecule has 2 aromatic carbocycles. The molecule has 0 saturated heterocycles. The van der Waals surface area contributed by atoms with Crippen molar-refractivity contribution in [3.8, 4) is 5.75 Å². The average molecular weight is 508 g/mol. The SMILES string of the molecule is CN(C)c1ccccc1Pc1cc([Si](C)(C)C)cc([Si](C)(C)C)c1O.[Cl][Ti][Cl]. The van der Waals surface area contributed by atoms with Crippen LogP contribution in [0.25, 0.3) is 0 Å². The minimum absolute atomic E-state index is 0.471. The first-order valence-corrected chi connectivity index (χ1v) is 21.5. The van der Waals surface area contributed by atoms with Gasteiger partial charge in [-0.1, -0.05) is 83.4 Å². The van der Waals surface area contributed by atoms with E-state index in [-0.39, 0.29) is 0 Å². The monoisotopic (exact) mass is 507 g/mol. The molecule has 1 N–H and O–H groups in total. The molecule has 0 aliphatic heterocycles. The first-order chi connectivity index (χ1) is 12.8. The summed E-state index contributed by atoms with van der Waals surface area (Å²) in [6.07, 6.45) is 0. The first kappa shape index (κ1) is 26.2. The third kappa shape index (κ3) is 7.47. The number of hydrogen-bond donors (Lipinski definition) is 1. The molecule has 0 fully saturated rings. The quantitative estimate of drug-likeness (QED) is 0.473. The van der Waals surface area contributed by atoms with Crippen molar-refractivity contribution >= 4 is 70.0 Å². The fourth-order valence-corrected chi connectivity index (χ4v) is 7.24. The molecule has 154 valence electrons. The molecule has 28 heavy (non-hydrogen) atoms. The maximum atomic E-state index is 11.0. The molecule has 0 spiro atoms. The number of aromatic hydroxyl groups is 1. The van der Waals surface area contributed by atoms with Gasteiger partial charge in [0.2, 0.25) is 0 Å². The van der Waals surface area contributed by atoms with Crippen LogP contribution in [0.5, 0.6) is 5.75 Å². The van der Waals surface area contributed by atoms with E-state index in [9.17, 15) is 5.11 Å². The second-order valence-corrected chi connectivity index (χ2v) is 23.1. The summed E-state index contributed by atoms with van der Waals surface area (Å²) >= 11 is -0.556. The van der Waals surface area contributed by atoms with Gasteiger partial charge in [-0.15, -0.1) is 0 Å². The molecule has 2 nitrogen and oxygen atoms in total. The number of phenols is 1. The van der Waals surface area contributed by atoms with Crippen LogP contribution in [0.1, 0.15) is 0 Å². The Morgan fingerprint density at radius 3 is 1.89 bits per heavy atom. The maximum absolute atomic E-state index is 11.0. The van der Waals surface area contributed by atoms with E-state index >= 15 is 0 Å². The summed E-state index contributed by atoms with van der Waals surface area (Å²) in [4.78, 5) is 2.15. The Morgan fingerprint density at radius 2 is 1.43 bits per heavy atom. The Balaban J connectivity index is 0.00000122. The molecule has 0 saturated carbocycles. The van der Waals surface area contributed by atoms with Crippen molar-refractivity contribution in [3.05, 3.63) is 36.4 Å². The molecule has 0 radical (unpaired) electrons. The standard InChI is InChI=1S/C20H32NOPSi2.2ClH.Ti/c1-21(2)16-11-9-10-12-17(16)23-18-13-15(24(3,4)5)14-19(20(18)22)25(6,7)8;;;/h9-14,22-23H,1-8H3;2*1H;/q;;;+2/p-2. The summed E-state index contributed by atoms with van der Waals surface area (Å²) in [6.45, 7) is 14.1. The van der Waals surface area contributed by atoms with Crippen LogP contribution < -0.4 is 25.9 Å². The van der Waals surface area contributed by atoms with Gasteiger partial charge in [0.05, 0.1) is 16.1 Å². The fourth-order valence-electron chi connectivity index (χ4n) is 2.85. The van der Waals surface area contributed by atoms with Gasteiger partial charge in [-0.2, -0.15) is 0 Å². The molecule has 0 heterocycles. The molecule has 0 bridgehead atoms. The van der Waals surface area contributed by atoms with Crippen molar-refractivity contribution in [1.82, 2.24) is 0 Å². The number of hydrogen-bond acceptors (Lipinski definition) is 2. The van der Waals surface area contributed by atoms with Crippen LogP contribution in [0.15, 0.2) is 36.4 Å². The number of rotatable bonds is 5. The number of phenolic OH excluding ortho intramolecular Hbond substituents is 1. The molecule has 0 aromatic heterocycles. The molecule has 2 aromatic rings. The third-order valence-electron chi connectivity index (χ3n) is 4.44. The van der Waals surface area contributed by atoms with E-state index in [4.69, 9.17) is 18.6 Å². The Hall–Kier alpha value is 0.198. The van der Waals surface area contributed by atoms with Gasteiger partial charge >= 0.3 is 35.6 Å². The molecular formula is C20H32Cl2NOPSi2Ti. The van der Waals surface area contributed by atoms with Gasteiger partial charge in [0.1, 0.15) is 5.75 Å². The summed E-state index contributed by atoms with van der Waals surface area (Å²) in [5, 5.41) is 16.1. The number of halogens is 2. The zero-order valence-electron chi connectivity index (χ0n) is 18.1. The van der Waals surface area contributed by atoms with Crippen molar-refractivity contribution in [3.63, 3.8) is 0 Å². The first-order valence-electron chi connectivity index (χ1n) is 9.20. The van der Waals surface area contributed by atoms with Crippen molar-refractivity contribution in [2.45, 2.75) is 39.3 Å². The van der Waals surface area contributed by atoms with E-state index in [0.29, 0.717) is 14.3 Å². The Kier molecular flexibility index (Phi) is 10.3. The van der Waals surface area contributed by atoms with E-state index in [1.165, 1.54) is 21.4 Å². The second-order valence-electron chi connectivity index (χ2n) is 9.03. The Morgan fingerprint density at radius 1 is 0.893 bits per heavy atom. The molecule has 0 aliphatic carbocycles. The van der Waals surface area contributed by atoms with E-state index in [2.05, 4.69) is 94.7 Å². The van der Waals surface area contributed by atoms with Gasteiger partial charge in [0.25, 0.3) is 0 Å². The third-order valence-corrected chi connectivity index (χ3v) is 9.80. The zero-order valence-corrected chi connectivity index (χ0v) is 24.2. The van der Waals surface area contributed by atoms with E-state index in [0.717, 1.165) is 5.30 Å². The Bertz CT molecular complexity index is 793. The van der Waals surface area contributed by atoms with Gasteiger partial charge in [-0.3, -0.25) is 0 Å². The van der Waals surface area contributed by atoms with E-state index in [1.807, 2.05) is 0 Å². The minimum atomic E-state index is -1.61. The van der Waals surface area contributed by atoms with Crippen LogP contribution in [-0.4, -0.2) is 35.3 Å². The van der Waals surface area contributed by atoms with Gasteiger partial charge in [-0.05, 0) is 11.3 Å². The van der Waals surface area contributed by atoms with Crippen LogP contribution >= 0.6 is 27.2 Å². The van der Waals surface area contributed by atoms with Crippen LogP contribution in [0, 0.1) is 0 Å². The van der Waals surface area contributed by atoms with Crippen molar-refractivity contribution in [2.75, 3.05) is 19.0 Å². The summed E-state index contributed by atoms with van der Waals surface area (Å²) in [5.74, 6) is 0.535. The molecule has 1 atom stereocenters. The van der Waals surface area contributed by atoms with E-state index < -0.39 is 33.2 Å². The summed E-state index contributed by atoms with van der Waals surface area (Å²) < 4.78 is 0. The topological polar surface area (TPSA) is 23.5 Å². The van der Waals surface area contributed by atoms with Crippen molar-refractivity contribution < 1.29 is 22.1 Å². The molecule has 0 amide bonds. The average Bonchev–Trinajstić information content (AvgIpc) is 2.55. The van der Waals surface area contributed by atoms with Gasteiger partial charge in [0, 0.05) is 30.4 Å². The molecule has 2 rings (SSSR count). The second kappa shape index (κ2) is 11.0. The van der Waals surface area contributed by atoms with E-state index in [1.54, 1.807) is 0 Å². The Labute approximate surface area is 191 Å². The number of benzene rings is 2. The normalized spacial score (nSPS) is 11.9. The van der Waals surface area contributed by atoms with Crippen molar-refractivity contribution in [1.29, 1.82) is 0 Å². The van der Waals surface area contributed by atoms with Crippen LogP contribution in [-0.2, 0) is 17.0 Å². The van der Waals surface area contributed by atoms with Gasteiger partial charge in [0.15, 0.2) is 0 Å². The van der Waals surface area contributed by atoms with Crippen molar-refractivity contribution in [2.24, 2.45) is 0 Å². The van der Waals surface area contributed by atoms with Crippen LogP contribution in [0.3, 0.4) is 0 Å². The summed E-state index contributed by atoms with van der Waals surface area (Å²) in [7, 11) is 11.4. The summed E-state index contributed by atoms with van der Waals surface area (Å²) in [6, 6.07) is 13.1. The predicted molar refractivity (Wildman–Crippen MR) is 134 cm³/mol. The predicted octanol–water partition coefficient (Wildman–Crippen LogP) is 4.55. The van der Waals surface area contributed by atoms with Crippen LogP contribution in [0.2, 0.25) is 39.3 Å². The zero-order chi connectivity index (χ0) is 21.7. The summed E-state index contributed by atoms with van der Waals surface area (Å²) in [5.41, 5.74) is 1.23. The molecular weight excluding hydrogens is 476 g/mol. The fraction of sp³-hybridized carbons (Fsp3) is 0.400. The van der Waals surface area contributed by atoms with Gasteiger partial charge in [-0.25, -0.2) is 0 Å². The number of para-hydroxylation sites is 1. The molecule has 0 aliphatic rings.